The molecule has 0 aromatic carbocycles. The van der Waals surface area contributed by atoms with Gasteiger partial charge in [0.1, 0.15) is 4.88 Å². The number of alkyl halides is 4. The third-order valence-electron chi connectivity index (χ3n) is 2.18. The highest BCUT2D eigenvalue weighted by Crippen LogP contribution is 2.26. The van der Waals surface area contributed by atoms with Crippen molar-refractivity contribution in [3.05, 3.63) is 16.3 Å². The third-order valence-corrected chi connectivity index (χ3v) is 4.65. The van der Waals surface area contributed by atoms with Crippen molar-refractivity contribution in [2.75, 3.05) is 13.1 Å². The van der Waals surface area contributed by atoms with E-state index in [1.807, 2.05) is 0 Å². The standard InChI is InChI=1S/C9H10F4N2O3S2.ClH/c10-8(11)20(17,18)5-1-2-19-6(5)7(16)15-4-9(12,13)3-14;/h1-2,8H,3-4,14H2,(H,15,16);1H. The van der Waals surface area contributed by atoms with Gasteiger partial charge in [-0.05, 0) is 11.4 Å². The van der Waals surface area contributed by atoms with E-state index in [0.29, 0.717) is 11.3 Å². The molecule has 0 radical (unpaired) electrons. The number of halogens is 5. The van der Waals surface area contributed by atoms with Gasteiger partial charge < -0.3 is 11.1 Å². The lowest BCUT2D eigenvalue weighted by Crippen LogP contribution is -2.41. The van der Waals surface area contributed by atoms with E-state index < -0.39 is 50.3 Å². The summed E-state index contributed by atoms with van der Waals surface area (Å²) in [7, 11) is -4.96. The summed E-state index contributed by atoms with van der Waals surface area (Å²) in [6.45, 7) is -2.13. The van der Waals surface area contributed by atoms with Crippen LogP contribution in [0.15, 0.2) is 16.3 Å². The highest BCUT2D eigenvalue weighted by atomic mass is 35.5. The molecule has 0 saturated heterocycles. The highest BCUT2D eigenvalue weighted by Gasteiger charge is 2.33. The summed E-state index contributed by atoms with van der Waals surface area (Å²) in [5.74, 6) is -8.24. The Kier molecular flexibility index (Phi) is 7.06. The summed E-state index contributed by atoms with van der Waals surface area (Å²) in [4.78, 5) is 10.1. The highest BCUT2D eigenvalue weighted by molar-refractivity contribution is 7.92. The fourth-order valence-corrected chi connectivity index (χ4v) is 3.23. The molecular formula is C9H11ClF4N2O3S2. The maximum Gasteiger partial charge on any atom is 0.341 e. The number of carbonyl (C=O) groups is 1. The number of thiophene rings is 1. The monoisotopic (exact) mass is 370 g/mol. The van der Waals surface area contributed by atoms with Gasteiger partial charge in [0.25, 0.3) is 11.8 Å². The molecule has 0 bridgehead atoms. The van der Waals surface area contributed by atoms with Gasteiger partial charge in [-0.3, -0.25) is 4.79 Å². The maximum absolute atomic E-state index is 12.8. The molecule has 0 atom stereocenters. The Morgan fingerprint density at radius 3 is 2.48 bits per heavy atom. The Balaban J connectivity index is 0.00000400. The first-order valence-corrected chi connectivity index (χ1v) is 7.50. The fourth-order valence-electron chi connectivity index (χ4n) is 1.15. The number of hydrogen-bond donors (Lipinski definition) is 2. The lowest BCUT2D eigenvalue weighted by Gasteiger charge is -2.14. The van der Waals surface area contributed by atoms with Crippen molar-refractivity contribution in [2.45, 2.75) is 16.6 Å². The van der Waals surface area contributed by atoms with E-state index in [1.165, 1.54) is 0 Å². The zero-order valence-electron chi connectivity index (χ0n) is 10.2. The Labute approximate surface area is 127 Å². The van der Waals surface area contributed by atoms with Crippen LogP contribution >= 0.6 is 23.7 Å². The lowest BCUT2D eigenvalue weighted by molar-refractivity contribution is 0.0119. The molecule has 3 N–H and O–H groups in total. The first-order chi connectivity index (χ1) is 9.12. The second-order valence-electron chi connectivity index (χ2n) is 3.66. The van der Waals surface area contributed by atoms with Gasteiger partial charge in [-0.25, -0.2) is 17.2 Å². The predicted molar refractivity (Wildman–Crippen MR) is 71.1 cm³/mol. The van der Waals surface area contributed by atoms with Gasteiger partial charge in [-0.2, -0.15) is 8.78 Å². The Morgan fingerprint density at radius 1 is 1.43 bits per heavy atom. The molecule has 5 nitrogen and oxygen atoms in total. The van der Waals surface area contributed by atoms with Crippen LogP contribution in [0.4, 0.5) is 17.6 Å². The number of hydrogen-bond acceptors (Lipinski definition) is 5. The van der Waals surface area contributed by atoms with Crippen LogP contribution in [0.1, 0.15) is 9.67 Å². The summed E-state index contributed by atoms with van der Waals surface area (Å²) >= 11 is 0.559. The third kappa shape index (κ3) is 4.80. The molecule has 12 heteroatoms. The van der Waals surface area contributed by atoms with Crippen LogP contribution < -0.4 is 11.1 Å². The molecule has 1 amide bonds. The van der Waals surface area contributed by atoms with E-state index in [9.17, 15) is 30.8 Å². The summed E-state index contributed by atoms with van der Waals surface area (Å²) in [6.07, 6.45) is 0. The minimum atomic E-state index is -4.96. The molecule has 0 unspecified atom stereocenters. The summed E-state index contributed by atoms with van der Waals surface area (Å²) in [5, 5.41) is 2.86. The molecule has 0 aliphatic carbocycles. The first kappa shape index (κ1) is 20.1. The number of nitrogens with one attached hydrogen (secondary N) is 1. The average Bonchev–Trinajstić information content (AvgIpc) is 2.85. The quantitative estimate of drug-likeness (QED) is 0.742. The van der Waals surface area contributed by atoms with Gasteiger partial charge in [-0.1, -0.05) is 0 Å². The summed E-state index contributed by atoms with van der Waals surface area (Å²) < 4.78 is 73.0. The van der Waals surface area contributed by atoms with Crippen LogP contribution in [0.2, 0.25) is 0 Å². The second-order valence-corrected chi connectivity index (χ2v) is 6.46. The van der Waals surface area contributed by atoms with Crippen LogP contribution in [0.5, 0.6) is 0 Å². The van der Waals surface area contributed by atoms with Crippen LogP contribution in [0.25, 0.3) is 0 Å². The van der Waals surface area contributed by atoms with Gasteiger partial charge in [-0.15, -0.1) is 23.7 Å². The van der Waals surface area contributed by atoms with Crippen LogP contribution in [0.3, 0.4) is 0 Å². The van der Waals surface area contributed by atoms with E-state index in [0.717, 1.165) is 11.4 Å². The smallest absolute Gasteiger partial charge is 0.341 e. The predicted octanol–water partition coefficient (Wildman–Crippen LogP) is 1.49. The molecule has 0 fully saturated rings. The normalized spacial score (nSPS) is 12.1. The van der Waals surface area contributed by atoms with E-state index in [1.54, 1.807) is 5.32 Å². The number of carbonyl (C=O) groups excluding carboxylic acids is 1. The van der Waals surface area contributed by atoms with Crippen molar-refractivity contribution in [1.82, 2.24) is 5.32 Å². The molecule has 0 spiro atoms. The first-order valence-electron chi connectivity index (χ1n) is 5.07. The average molecular weight is 371 g/mol. The molecule has 1 rings (SSSR count). The Hall–Kier alpha value is -0.910. The van der Waals surface area contributed by atoms with Gasteiger partial charge in [0.05, 0.1) is 18.0 Å². The van der Waals surface area contributed by atoms with E-state index in [-0.39, 0.29) is 12.4 Å². The van der Waals surface area contributed by atoms with Crippen molar-refractivity contribution in [1.29, 1.82) is 0 Å². The van der Waals surface area contributed by atoms with Gasteiger partial charge in [0.15, 0.2) is 0 Å². The molecule has 122 valence electrons. The number of amides is 1. The SMILES string of the molecule is Cl.NCC(F)(F)CNC(=O)c1sccc1S(=O)(=O)C(F)F. The largest absolute Gasteiger partial charge is 0.345 e. The number of rotatable bonds is 6. The molecule has 1 aromatic rings. The van der Waals surface area contributed by atoms with E-state index in [4.69, 9.17) is 5.73 Å². The van der Waals surface area contributed by atoms with E-state index >= 15 is 0 Å². The van der Waals surface area contributed by atoms with E-state index in [2.05, 4.69) is 0 Å². The zero-order chi connectivity index (χ0) is 15.6. The molecule has 1 aromatic heterocycles. The van der Waals surface area contributed by atoms with Gasteiger partial charge in [0, 0.05) is 0 Å². The molecule has 0 aliphatic heterocycles. The van der Waals surface area contributed by atoms with Crippen molar-refractivity contribution >= 4 is 39.5 Å². The summed E-state index contributed by atoms with van der Waals surface area (Å²) in [5.41, 5.74) is 4.76. The van der Waals surface area contributed by atoms with Crippen molar-refractivity contribution in [3.63, 3.8) is 0 Å². The van der Waals surface area contributed by atoms with Crippen LogP contribution in [-0.4, -0.2) is 39.1 Å². The Bertz CT molecular complexity index is 592. The maximum atomic E-state index is 12.8. The summed E-state index contributed by atoms with van der Waals surface area (Å²) in [6, 6.07) is 0.822. The fraction of sp³-hybridized carbons (Fsp3) is 0.444. The topological polar surface area (TPSA) is 89.3 Å². The van der Waals surface area contributed by atoms with Crippen molar-refractivity contribution in [2.24, 2.45) is 5.73 Å². The minimum Gasteiger partial charge on any atom is -0.345 e. The number of sulfone groups is 1. The molecule has 1 heterocycles. The molecule has 0 saturated carbocycles. The number of nitrogens with two attached hydrogens (primary N) is 1. The van der Waals surface area contributed by atoms with Crippen molar-refractivity contribution in [3.8, 4) is 0 Å². The van der Waals surface area contributed by atoms with Crippen LogP contribution in [0, 0.1) is 0 Å². The van der Waals surface area contributed by atoms with Gasteiger partial charge >= 0.3 is 5.76 Å². The molecule has 21 heavy (non-hydrogen) atoms. The van der Waals surface area contributed by atoms with Gasteiger partial charge in [0.2, 0.25) is 9.84 Å². The second kappa shape index (κ2) is 7.38. The minimum absolute atomic E-state index is 0. The Morgan fingerprint density at radius 2 is 2.00 bits per heavy atom. The van der Waals surface area contributed by atoms with Crippen LogP contribution in [-0.2, 0) is 9.84 Å². The molecular weight excluding hydrogens is 360 g/mol. The van der Waals surface area contributed by atoms with Crippen molar-refractivity contribution < 1.29 is 30.8 Å². The lowest BCUT2D eigenvalue weighted by atomic mass is 10.3. The molecule has 0 aliphatic rings. The zero-order valence-corrected chi connectivity index (χ0v) is 12.6.